The maximum atomic E-state index is 12.5. The average Bonchev–Trinajstić information content (AvgIpc) is 3.25. The normalized spacial score (nSPS) is 26.6. The van der Waals surface area contributed by atoms with E-state index >= 15 is 0 Å². The lowest BCUT2D eigenvalue weighted by Gasteiger charge is -2.54. The van der Waals surface area contributed by atoms with Crippen LogP contribution in [0, 0.1) is 0 Å². The Balaban J connectivity index is 1.30. The second-order valence-corrected chi connectivity index (χ2v) is 7.55. The molecule has 8 nitrogen and oxygen atoms in total. The van der Waals surface area contributed by atoms with E-state index in [-0.39, 0.29) is 23.5 Å². The Kier molecular flexibility index (Phi) is 4.24. The highest BCUT2D eigenvalue weighted by molar-refractivity contribution is 5.93. The minimum Gasteiger partial charge on any atom is -0.368 e. The maximum Gasteiger partial charge on any atom is 0.272 e. The first-order chi connectivity index (χ1) is 12.1. The molecule has 2 N–H and O–H groups in total. The molecule has 136 valence electrons. The van der Waals surface area contributed by atoms with Crippen LogP contribution in [0.25, 0.3) is 0 Å². The molecule has 1 aliphatic carbocycles. The van der Waals surface area contributed by atoms with E-state index in [2.05, 4.69) is 20.4 Å². The molecule has 25 heavy (non-hydrogen) atoms. The summed E-state index contributed by atoms with van der Waals surface area (Å²) in [6.45, 7) is 2.13. The van der Waals surface area contributed by atoms with Gasteiger partial charge in [0.05, 0.1) is 19.7 Å². The van der Waals surface area contributed by atoms with Gasteiger partial charge in [-0.1, -0.05) is 12.8 Å². The van der Waals surface area contributed by atoms with E-state index in [1.807, 2.05) is 7.05 Å². The number of likely N-dealkylation sites (N-methyl/N-ethyl adjacent to an activating group) is 1. The molecule has 0 unspecified atom stereocenters. The summed E-state index contributed by atoms with van der Waals surface area (Å²) in [5, 5.41) is 9.66. The zero-order valence-corrected chi connectivity index (χ0v) is 14.5. The van der Waals surface area contributed by atoms with Crippen molar-refractivity contribution in [2.75, 3.05) is 33.3 Å². The summed E-state index contributed by atoms with van der Waals surface area (Å²) >= 11 is 0. The third-order valence-corrected chi connectivity index (χ3v) is 5.60. The van der Waals surface area contributed by atoms with Crippen molar-refractivity contribution in [3.63, 3.8) is 0 Å². The van der Waals surface area contributed by atoms with E-state index in [9.17, 15) is 9.59 Å². The first-order valence-corrected chi connectivity index (χ1v) is 9.00. The van der Waals surface area contributed by atoms with Gasteiger partial charge in [-0.25, -0.2) is 0 Å². The molecule has 1 aromatic heterocycles. The van der Waals surface area contributed by atoms with Gasteiger partial charge in [-0.2, -0.15) is 5.10 Å². The van der Waals surface area contributed by atoms with Crippen LogP contribution < -0.4 is 5.32 Å². The highest BCUT2D eigenvalue weighted by Crippen LogP contribution is 2.31. The minimum absolute atomic E-state index is 0.0597. The molecule has 3 fully saturated rings. The number of carbonyl (C=O) groups is 2. The lowest BCUT2D eigenvalue weighted by atomic mass is 9.90. The second kappa shape index (κ2) is 6.42. The van der Waals surface area contributed by atoms with Crippen LogP contribution in [0.4, 0.5) is 0 Å². The number of aromatic amines is 1. The van der Waals surface area contributed by atoms with Gasteiger partial charge in [-0.05, 0) is 26.0 Å². The van der Waals surface area contributed by atoms with E-state index in [0.717, 1.165) is 12.8 Å². The molecule has 2 aliphatic heterocycles. The smallest absolute Gasteiger partial charge is 0.272 e. The van der Waals surface area contributed by atoms with Gasteiger partial charge in [0.15, 0.2) is 0 Å². The fraction of sp³-hybridized carbons (Fsp3) is 0.706. The number of nitrogens with one attached hydrogen (secondary N) is 2. The predicted molar refractivity (Wildman–Crippen MR) is 90.0 cm³/mol. The Morgan fingerprint density at radius 1 is 1.32 bits per heavy atom. The van der Waals surface area contributed by atoms with E-state index in [1.54, 1.807) is 17.2 Å². The van der Waals surface area contributed by atoms with Crippen molar-refractivity contribution in [2.24, 2.45) is 0 Å². The van der Waals surface area contributed by atoms with Crippen LogP contribution in [-0.4, -0.2) is 82.8 Å². The summed E-state index contributed by atoms with van der Waals surface area (Å²) < 4.78 is 6.05. The molecule has 2 saturated heterocycles. The SMILES string of the molecule is CN1CC2(CN(C(=O)c3ccn[nH]3)C2)OC[C@@H]1C(=O)NC1CCCC1. The number of amides is 2. The van der Waals surface area contributed by atoms with Crippen LogP contribution >= 0.6 is 0 Å². The third-order valence-electron chi connectivity index (χ3n) is 5.60. The average molecular weight is 347 g/mol. The van der Waals surface area contributed by atoms with Gasteiger partial charge in [-0.15, -0.1) is 0 Å². The molecule has 0 bridgehead atoms. The number of carbonyl (C=O) groups excluding carboxylic acids is 2. The third kappa shape index (κ3) is 3.16. The molecule has 3 aliphatic rings. The van der Waals surface area contributed by atoms with Gasteiger partial charge in [-0.3, -0.25) is 19.6 Å². The quantitative estimate of drug-likeness (QED) is 0.803. The Morgan fingerprint density at radius 2 is 2.08 bits per heavy atom. The van der Waals surface area contributed by atoms with Gasteiger partial charge < -0.3 is 15.0 Å². The zero-order chi connectivity index (χ0) is 17.4. The molecular weight excluding hydrogens is 322 g/mol. The molecule has 1 atom stereocenters. The Bertz CT molecular complexity index is 635. The summed E-state index contributed by atoms with van der Waals surface area (Å²) in [5.41, 5.74) is 0.141. The molecule has 4 rings (SSSR count). The Hall–Kier alpha value is -1.93. The number of aromatic nitrogens is 2. The number of H-pyrrole nitrogens is 1. The first-order valence-electron chi connectivity index (χ1n) is 9.00. The maximum absolute atomic E-state index is 12.5. The Labute approximate surface area is 146 Å². The van der Waals surface area contributed by atoms with Gasteiger partial charge in [0.1, 0.15) is 17.3 Å². The summed E-state index contributed by atoms with van der Waals surface area (Å²) in [5.74, 6) is 0.00411. The van der Waals surface area contributed by atoms with Gasteiger partial charge in [0.2, 0.25) is 5.91 Å². The number of likely N-dealkylation sites (tertiary alicyclic amines) is 1. The molecule has 1 saturated carbocycles. The summed E-state index contributed by atoms with van der Waals surface area (Å²) in [4.78, 5) is 28.6. The number of rotatable bonds is 3. The van der Waals surface area contributed by atoms with Crippen molar-refractivity contribution in [3.8, 4) is 0 Å². The number of ether oxygens (including phenoxy) is 1. The molecule has 3 heterocycles. The second-order valence-electron chi connectivity index (χ2n) is 7.55. The van der Waals surface area contributed by atoms with Crippen LogP contribution in [0.2, 0.25) is 0 Å². The van der Waals surface area contributed by atoms with E-state index in [1.165, 1.54) is 12.8 Å². The molecule has 2 amide bonds. The Morgan fingerprint density at radius 3 is 2.72 bits per heavy atom. The molecular formula is C17H25N5O3. The molecule has 8 heteroatoms. The lowest BCUT2D eigenvalue weighted by molar-refractivity contribution is -0.187. The topological polar surface area (TPSA) is 90.6 Å². The largest absolute Gasteiger partial charge is 0.368 e. The van der Waals surface area contributed by atoms with Crippen LogP contribution in [0.1, 0.15) is 36.2 Å². The van der Waals surface area contributed by atoms with Crippen LogP contribution in [0.5, 0.6) is 0 Å². The molecule has 1 aromatic rings. The highest BCUT2D eigenvalue weighted by atomic mass is 16.5. The standard InChI is InChI=1S/C17H25N5O3/c1-21-9-17(10-22(11-17)16(24)13-6-7-18-20-13)25-8-14(21)15(23)19-12-4-2-3-5-12/h6-7,12,14H,2-5,8-11H2,1H3,(H,18,20)(H,19,23)/t14-/m1/s1. The minimum atomic E-state index is -0.353. The predicted octanol–water partition coefficient (Wildman–Crippen LogP) is -0.00630. The lowest BCUT2D eigenvalue weighted by Crippen LogP contribution is -2.73. The summed E-state index contributed by atoms with van der Waals surface area (Å²) in [7, 11) is 1.96. The molecule has 0 aromatic carbocycles. The molecule has 0 radical (unpaired) electrons. The van der Waals surface area contributed by atoms with Crippen molar-refractivity contribution < 1.29 is 14.3 Å². The first kappa shape index (κ1) is 16.5. The van der Waals surface area contributed by atoms with Crippen molar-refractivity contribution in [1.82, 2.24) is 25.3 Å². The number of nitrogens with zero attached hydrogens (tertiary/aromatic N) is 3. The number of hydrogen-bond acceptors (Lipinski definition) is 5. The van der Waals surface area contributed by atoms with Gasteiger partial charge >= 0.3 is 0 Å². The van der Waals surface area contributed by atoms with Crippen LogP contribution in [-0.2, 0) is 9.53 Å². The van der Waals surface area contributed by atoms with Crippen molar-refractivity contribution >= 4 is 11.8 Å². The molecule has 1 spiro atoms. The summed E-state index contributed by atoms with van der Waals surface area (Å²) in [6.07, 6.45) is 6.13. The van der Waals surface area contributed by atoms with Crippen molar-refractivity contribution in [1.29, 1.82) is 0 Å². The fourth-order valence-corrected chi connectivity index (χ4v) is 4.17. The van der Waals surface area contributed by atoms with Crippen LogP contribution in [0.15, 0.2) is 12.3 Å². The van der Waals surface area contributed by atoms with E-state index in [4.69, 9.17) is 4.74 Å². The van der Waals surface area contributed by atoms with Crippen LogP contribution in [0.3, 0.4) is 0 Å². The van der Waals surface area contributed by atoms with E-state index in [0.29, 0.717) is 38.0 Å². The van der Waals surface area contributed by atoms with Crippen molar-refractivity contribution in [3.05, 3.63) is 18.0 Å². The van der Waals surface area contributed by atoms with E-state index < -0.39 is 0 Å². The zero-order valence-electron chi connectivity index (χ0n) is 14.5. The summed E-state index contributed by atoms with van der Waals surface area (Å²) in [6, 6.07) is 1.75. The monoisotopic (exact) mass is 347 g/mol. The number of morpholine rings is 1. The highest BCUT2D eigenvalue weighted by Gasteiger charge is 2.51. The van der Waals surface area contributed by atoms with Gasteiger partial charge in [0.25, 0.3) is 5.91 Å². The van der Waals surface area contributed by atoms with Crippen molar-refractivity contribution in [2.45, 2.75) is 43.4 Å². The number of hydrogen-bond donors (Lipinski definition) is 2. The van der Waals surface area contributed by atoms with Gasteiger partial charge in [0, 0.05) is 18.8 Å². The fourth-order valence-electron chi connectivity index (χ4n) is 4.17.